The van der Waals surface area contributed by atoms with Gasteiger partial charge in [-0.1, -0.05) is 105 Å². The molecule has 3 unspecified atom stereocenters. The number of hydrogen-bond acceptors (Lipinski definition) is 14. The second kappa shape index (κ2) is 38.5. The number of nitrogens with zero attached hydrogens (tertiary/aromatic N) is 9. The predicted octanol–water partition coefficient (Wildman–Crippen LogP) is 5.93. The van der Waals surface area contributed by atoms with E-state index >= 15 is 33.6 Å². The van der Waals surface area contributed by atoms with Gasteiger partial charge in [-0.15, -0.1) is 6.42 Å². The molecule has 7 rings (SSSR count). The molecule has 0 aromatic carbocycles. The monoisotopic (exact) mass is 1520 g/mol. The summed E-state index contributed by atoms with van der Waals surface area (Å²) in [5, 5.41) is 8.85. The van der Waals surface area contributed by atoms with Crippen LogP contribution in [0, 0.1) is 53.3 Å². The molecule has 2 saturated heterocycles. The number of amides is 12. The fourth-order valence-corrected chi connectivity index (χ4v) is 18.1. The zero-order valence-corrected chi connectivity index (χ0v) is 66.9. The van der Waals surface area contributed by atoms with Crippen molar-refractivity contribution in [1.82, 2.24) is 60.0 Å². The topological polar surface area (TPSA) is 289 Å². The number of carbonyl (C=O) groups is 12. The number of halogens is 3. The van der Waals surface area contributed by atoms with Gasteiger partial charge in [0.25, 0.3) is 0 Å². The van der Waals surface area contributed by atoms with Gasteiger partial charge in [-0.2, -0.15) is 13.2 Å². The number of nitrogens with one attached hydrogen (secondary N) is 3. The molecule has 0 aromatic heterocycles. The Balaban J connectivity index is 1.34. The van der Waals surface area contributed by atoms with E-state index in [9.17, 15) is 37.1 Å². The minimum Gasteiger partial charge on any atom is -0.381 e. The Morgan fingerprint density at radius 1 is 0.713 bits per heavy atom. The molecule has 3 N–H and O–H groups in total. The summed E-state index contributed by atoms with van der Waals surface area (Å²) in [6, 6.07) is -10.3. The number of terminal acetylenes is 1. The molecule has 108 heavy (non-hydrogen) atoms. The number of carbonyl (C=O) groups excluding carboxylic acids is 12. The van der Waals surface area contributed by atoms with Crippen molar-refractivity contribution in [1.29, 1.82) is 0 Å². The maximum Gasteiger partial charge on any atom is 0.394 e. The molecule has 4 saturated carbocycles. The molecule has 606 valence electrons. The molecule has 26 nitrogen and oxygen atoms in total. The van der Waals surface area contributed by atoms with Crippen LogP contribution < -0.4 is 16.0 Å². The van der Waals surface area contributed by atoms with Gasteiger partial charge in [-0.05, 0) is 132 Å². The largest absolute Gasteiger partial charge is 0.394 e. The van der Waals surface area contributed by atoms with Crippen LogP contribution in [0.25, 0.3) is 0 Å². The van der Waals surface area contributed by atoms with Gasteiger partial charge in [0, 0.05) is 82.6 Å². The van der Waals surface area contributed by atoms with E-state index < -0.39 is 192 Å². The SMILES string of the molecule is C#CCN1CC(=O)N(C)[C@H]2C/C=C\CCN(C2=O)[C@@H](CC2CCC(C)CC2)C(=O)N(C)CC(=O)N[C@@H](CCC2CCC(C(F)(F)F)C(OC)C2)C(=O)N2C[C@H](OCC)C[C@H]2C(=O)NC2(CC(C)(C)C2)C(=O)N(C)[C@@H](C2CCCC2)C(=O)N(C)[C@H](C(=O)N(C)C)CC(=O)N(C)[C@@H](CCC)C(=O)N[C@@H](CC(C)C)C1=O. The van der Waals surface area contributed by atoms with Gasteiger partial charge in [0.05, 0.1) is 37.6 Å². The lowest BCUT2D eigenvalue weighted by atomic mass is 9.58. The quantitative estimate of drug-likeness (QED) is 0.127. The fraction of sp³-hybridized carbons (Fsp3) is 0.797. The third-order valence-corrected chi connectivity index (χ3v) is 24.0. The first-order valence-electron chi connectivity index (χ1n) is 39.4. The molecule has 3 heterocycles. The first kappa shape index (κ1) is 87.9. The second-order valence-corrected chi connectivity index (χ2v) is 33.5. The highest BCUT2D eigenvalue weighted by Crippen LogP contribution is 2.50. The van der Waals surface area contributed by atoms with Crippen molar-refractivity contribution < 1.29 is 80.2 Å². The number of alkyl halides is 3. The van der Waals surface area contributed by atoms with Crippen LogP contribution in [-0.4, -0.2) is 283 Å². The normalized spacial score (nSPS) is 31.2. The van der Waals surface area contributed by atoms with E-state index in [4.69, 9.17) is 15.9 Å². The highest BCUT2D eigenvalue weighted by molar-refractivity contribution is 6.01. The summed E-state index contributed by atoms with van der Waals surface area (Å²) in [5.41, 5.74) is -2.19. The summed E-state index contributed by atoms with van der Waals surface area (Å²) >= 11 is 0. The first-order valence-corrected chi connectivity index (χ1v) is 39.4. The highest BCUT2D eigenvalue weighted by atomic mass is 19.4. The van der Waals surface area contributed by atoms with Crippen molar-refractivity contribution in [2.75, 3.05) is 95.8 Å². The van der Waals surface area contributed by atoms with Crippen molar-refractivity contribution in [3.05, 3.63) is 12.2 Å². The molecule has 0 aromatic rings. The molecular weight excluding hydrogens is 1400 g/mol. The summed E-state index contributed by atoms with van der Waals surface area (Å²) in [4.78, 5) is 194. The van der Waals surface area contributed by atoms with E-state index in [2.05, 4.69) is 28.8 Å². The average molecular weight is 1520 g/mol. The summed E-state index contributed by atoms with van der Waals surface area (Å²) in [6.07, 6.45) is 9.40. The second-order valence-electron chi connectivity index (χ2n) is 33.5. The third kappa shape index (κ3) is 21.8. The van der Waals surface area contributed by atoms with Crippen LogP contribution in [0.4, 0.5) is 13.2 Å². The Kier molecular flexibility index (Phi) is 31.3. The predicted molar refractivity (Wildman–Crippen MR) is 399 cm³/mol. The highest BCUT2D eigenvalue weighted by Gasteiger charge is 2.59. The van der Waals surface area contributed by atoms with Gasteiger partial charge in [-0.3, -0.25) is 57.5 Å². The summed E-state index contributed by atoms with van der Waals surface area (Å²) < 4.78 is 54.6. The van der Waals surface area contributed by atoms with Crippen molar-refractivity contribution in [2.24, 2.45) is 40.9 Å². The fourth-order valence-electron chi connectivity index (χ4n) is 18.1. The summed E-state index contributed by atoms with van der Waals surface area (Å²) in [5.74, 6) is -8.05. The van der Waals surface area contributed by atoms with Crippen LogP contribution in [0.5, 0.6) is 0 Å². The van der Waals surface area contributed by atoms with Crippen molar-refractivity contribution >= 4 is 70.9 Å². The smallest absolute Gasteiger partial charge is 0.381 e. The minimum absolute atomic E-state index is 0.00461. The maximum absolute atomic E-state index is 15.8. The zero-order chi connectivity index (χ0) is 80.0. The van der Waals surface area contributed by atoms with Crippen LogP contribution in [0.2, 0.25) is 0 Å². The van der Waals surface area contributed by atoms with E-state index in [1.807, 2.05) is 40.7 Å². The van der Waals surface area contributed by atoms with Crippen molar-refractivity contribution in [3.8, 4) is 12.3 Å². The van der Waals surface area contributed by atoms with Crippen LogP contribution in [0.15, 0.2) is 12.2 Å². The Morgan fingerprint density at radius 3 is 1.96 bits per heavy atom. The Bertz CT molecular complexity index is 3270. The molecule has 12 amide bonds. The van der Waals surface area contributed by atoms with Crippen LogP contribution >= 0.6 is 0 Å². The lowest BCUT2D eigenvalue weighted by molar-refractivity contribution is -0.215. The average Bonchev–Trinajstić information content (AvgIpc) is 0.894. The van der Waals surface area contributed by atoms with Crippen molar-refractivity contribution in [3.63, 3.8) is 0 Å². The van der Waals surface area contributed by atoms with Crippen molar-refractivity contribution in [2.45, 2.75) is 268 Å². The number of hydrogen-bond donors (Lipinski definition) is 3. The van der Waals surface area contributed by atoms with E-state index in [1.54, 1.807) is 13.0 Å². The Hall–Kier alpha value is -7.35. The molecule has 0 radical (unpaired) electrons. The number of methoxy groups -OCH3 is 1. The van der Waals surface area contributed by atoms with Crippen LogP contribution in [0.1, 0.15) is 196 Å². The van der Waals surface area contributed by atoms with E-state index in [-0.39, 0.29) is 109 Å². The zero-order valence-electron chi connectivity index (χ0n) is 66.9. The van der Waals surface area contributed by atoms with Gasteiger partial charge in [0.1, 0.15) is 60.4 Å². The third-order valence-electron chi connectivity index (χ3n) is 24.0. The van der Waals surface area contributed by atoms with Gasteiger partial charge in [-0.25, -0.2) is 0 Å². The van der Waals surface area contributed by atoms with Crippen LogP contribution in [0.3, 0.4) is 0 Å². The molecule has 29 heteroatoms. The van der Waals surface area contributed by atoms with Gasteiger partial charge < -0.3 is 69.5 Å². The van der Waals surface area contributed by atoms with E-state index in [1.165, 1.54) is 95.6 Å². The molecule has 2 bridgehead atoms. The number of fused-ring (bicyclic) bond motifs is 3. The number of ether oxygens (including phenoxy) is 2. The number of likely N-dealkylation sites (N-methyl/N-ethyl adjacent to an activating group) is 6. The van der Waals surface area contributed by atoms with E-state index in [0.29, 0.717) is 31.6 Å². The maximum atomic E-state index is 15.8. The standard InChI is InChI=1S/C79H125F3N12O14/c1-17-25-58-68(98)84-57(39-49(4)5)70(100)92(37-18-2)46-66(97)89(13)59-28-21-20-24-38-93(74(59)104)62(40-51-31-29-50(6)30-32-51)73(103)87(11)45-64(95)83-56(36-34-52-33-35-55(79(80,81)82)63(41-52)107-16)71(101)94-44-54(108-19-3)42-60(94)69(99)85-78(47-77(7,8)48-78)76(106)91(15)67(53-26-22-23-27-53)75(105)90(14)61(72(102)86(9)10)43-65(96)88(58)12/h2,20-21,49-63,67H,17,19,22-48H2,1,3-16H3,(H,83,95)(H,84,98)(H,85,99)/b21-20-/t50?,51?,52?,54-,55?,56+,57+,58+,59+,60+,61+,62+,63?,67+/m1/s1. The van der Waals surface area contributed by atoms with Gasteiger partial charge in [0.2, 0.25) is 70.9 Å². The molecule has 4 aliphatic carbocycles. The minimum atomic E-state index is -4.53. The number of rotatable bonds is 15. The Morgan fingerprint density at radius 2 is 1.37 bits per heavy atom. The van der Waals surface area contributed by atoms with Gasteiger partial charge >= 0.3 is 6.18 Å². The van der Waals surface area contributed by atoms with Crippen LogP contribution in [-0.2, 0) is 67.0 Å². The summed E-state index contributed by atoms with van der Waals surface area (Å²) in [6.45, 7) is 11.7. The van der Waals surface area contributed by atoms with Gasteiger partial charge in [0.15, 0.2) is 0 Å². The van der Waals surface area contributed by atoms with E-state index in [0.717, 1.165) is 43.4 Å². The molecular formula is C79H125F3N12O14. The lowest BCUT2D eigenvalue weighted by Gasteiger charge is -2.54. The summed E-state index contributed by atoms with van der Waals surface area (Å²) in [7, 11) is 11.3. The lowest BCUT2D eigenvalue weighted by Crippen LogP contribution is -2.71. The molecule has 3 aliphatic heterocycles. The molecule has 1 spiro atoms. The molecule has 7 aliphatic rings. The Labute approximate surface area is 638 Å². The first-order chi connectivity index (χ1) is 50.8. The molecule has 6 fully saturated rings. The molecule has 12 atom stereocenters.